The van der Waals surface area contributed by atoms with Gasteiger partial charge >= 0.3 is 0 Å². The number of nitrogens with zero attached hydrogens (tertiary/aromatic N) is 1. The van der Waals surface area contributed by atoms with E-state index in [2.05, 4.69) is 10.2 Å². The SMILES string of the molecule is Cc1ccc2c(c1)N(CCc1cccc(S(N)(=O)=O)c1)CNC2=O. The maximum absolute atomic E-state index is 12.0. The molecule has 0 atom stereocenters. The molecule has 0 aliphatic carbocycles. The topological polar surface area (TPSA) is 92.5 Å². The third-order valence-corrected chi connectivity index (χ3v) is 4.98. The number of aryl methyl sites for hydroxylation is 1. The maximum atomic E-state index is 12.0. The first-order valence-corrected chi connectivity index (χ1v) is 9.15. The Morgan fingerprint density at radius 2 is 2.00 bits per heavy atom. The van der Waals surface area contributed by atoms with Gasteiger partial charge < -0.3 is 10.2 Å². The van der Waals surface area contributed by atoms with Crippen LogP contribution in [0.4, 0.5) is 5.69 Å². The number of fused-ring (bicyclic) bond motifs is 1. The van der Waals surface area contributed by atoms with E-state index in [1.54, 1.807) is 12.1 Å². The Bertz CT molecular complexity index is 894. The summed E-state index contributed by atoms with van der Waals surface area (Å²) in [5, 5.41) is 8.02. The fourth-order valence-corrected chi connectivity index (χ4v) is 3.37. The van der Waals surface area contributed by atoms with Gasteiger partial charge in [-0.1, -0.05) is 18.2 Å². The highest BCUT2D eigenvalue weighted by atomic mass is 32.2. The number of amides is 1. The summed E-state index contributed by atoms with van der Waals surface area (Å²) in [7, 11) is -3.70. The van der Waals surface area contributed by atoms with Gasteiger partial charge in [-0.15, -0.1) is 0 Å². The normalized spacial score (nSPS) is 14.2. The molecule has 0 aromatic heterocycles. The largest absolute Gasteiger partial charge is 0.353 e. The van der Waals surface area contributed by atoms with E-state index in [0.717, 1.165) is 16.8 Å². The van der Waals surface area contributed by atoms with Crippen LogP contribution in [0.15, 0.2) is 47.4 Å². The van der Waals surface area contributed by atoms with E-state index in [0.29, 0.717) is 25.2 Å². The van der Waals surface area contributed by atoms with Crippen LogP contribution in [0.2, 0.25) is 0 Å². The molecule has 0 spiro atoms. The van der Waals surface area contributed by atoms with E-state index >= 15 is 0 Å². The zero-order valence-electron chi connectivity index (χ0n) is 13.3. The summed E-state index contributed by atoms with van der Waals surface area (Å²) >= 11 is 0. The third-order valence-electron chi connectivity index (χ3n) is 4.07. The average Bonchev–Trinajstić information content (AvgIpc) is 2.54. The van der Waals surface area contributed by atoms with Crippen molar-refractivity contribution in [3.63, 3.8) is 0 Å². The Kier molecular flexibility index (Phi) is 4.29. The molecule has 1 heterocycles. The van der Waals surface area contributed by atoms with Gasteiger partial charge in [0.25, 0.3) is 5.91 Å². The van der Waals surface area contributed by atoms with E-state index in [-0.39, 0.29) is 10.8 Å². The minimum Gasteiger partial charge on any atom is -0.353 e. The van der Waals surface area contributed by atoms with Crippen LogP contribution in [-0.2, 0) is 16.4 Å². The van der Waals surface area contributed by atoms with Crippen molar-refractivity contribution in [3.05, 3.63) is 59.2 Å². The number of carbonyl (C=O) groups is 1. The highest BCUT2D eigenvalue weighted by molar-refractivity contribution is 7.89. The number of nitrogens with one attached hydrogen (secondary N) is 1. The fraction of sp³-hybridized carbons (Fsp3) is 0.235. The monoisotopic (exact) mass is 345 g/mol. The molecule has 1 aliphatic rings. The lowest BCUT2D eigenvalue weighted by Gasteiger charge is -2.31. The van der Waals surface area contributed by atoms with E-state index < -0.39 is 10.0 Å². The van der Waals surface area contributed by atoms with Gasteiger partial charge in [0.2, 0.25) is 10.0 Å². The number of hydrogen-bond donors (Lipinski definition) is 2. The average molecular weight is 345 g/mol. The highest BCUT2D eigenvalue weighted by Gasteiger charge is 2.22. The van der Waals surface area contributed by atoms with E-state index in [9.17, 15) is 13.2 Å². The first-order valence-electron chi connectivity index (χ1n) is 7.60. The van der Waals surface area contributed by atoms with Gasteiger partial charge in [-0.05, 0) is 48.7 Å². The van der Waals surface area contributed by atoms with E-state index in [1.807, 2.05) is 31.2 Å². The molecule has 2 aromatic rings. The minimum atomic E-state index is -3.70. The van der Waals surface area contributed by atoms with Crippen LogP contribution in [0, 0.1) is 6.92 Å². The van der Waals surface area contributed by atoms with Crippen molar-refractivity contribution >= 4 is 21.6 Å². The summed E-state index contributed by atoms with van der Waals surface area (Å²) in [6, 6.07) is 12.4. The molecule has 0 bridgehead atoms. The first kappa shape index (κ1) is 16.5. The maximum Gasteiger partial charge on any atom is 0.254 e. The second-order valence-electron chi connectivity index (χ2n) is 5.89. The summed E-state index contributed by atoms with van der Waals surface area (Å²) in [4.78, 5) is 14.1. The smallest absolute Gasteiger partial charge is 0.254 e. The number of sulfonamides is 1. The predicted octanol–water partition coefficient (Wildman–Crippen LogP) is 1.39. The number of rotatable bonds is 4. The molecule has 7 heteroatoms. The molecule has 1 amide bonds. The van der Waals surface area contributed by atoms with Gasteiger partial charge in [0.05, 0.1) is 22.8 Å². The van der Waals surface area contributed by atoms with Gasteiger partial charge in [0.15, 0.2) is 0 Å². The summed E-state index contributed by atoms with van der Waals surface area (Å²) in [6.45, 7) is 3.08. The lowest BCUT2D eigenvalue weighted by Crippen LogP contribution is -2.44. The molecule has 1 aliphatic heterocycles. The fourth-order valence-electron chi connectivity index (χ4n) is 2.78. The van der Waals surface area contributed by atoms with Crippen LogP contribution in [0.1, 0.15) is 21.5 Å². The summed E-state index contributed by atoms with van der Waals surface area (Å²) in [5.41, 5.74) is 3.53. The Labute approximate surface area is 141 Å². The molecule has 126 valence electrons. The summed E-state index contributed by atoms with van der Waals surface area (Å²) in [6.07, 6.45) is 0.645. The van der Waals surface area contributed by atoms with Crippen molar-refractivity contribution in [1.29, 1.82) is 0 Å². The summed E-state index contributed by atoms with van der Waals surface area (Å²) in [5.74, 6) is -0.0718. The molecule has 2 aromatic carbocycles. The standard InChI is InChI=1S/C17H19N3O3S/c1-12-5-6-15-16(9-12)20(11-19-17(15)21)8-7-13-3-2-4-14(10-13)24(18,22)23/h2-6,9-10H,7-8,11H2,1H3,(H,19,21)(H2,18,22,23). The summed E-state index contributed by atoms with van der Waals surface area (Å²) < 4.78 is 22.9. The number of benzene rings is 2. The molecular weight excluding hydrogens is 326 g/mol. The molecule has 0 saturated carbocycles. The molecule has 0 saturated heterocycles. The first-order chi connectivity index (χ1) is 11.3. The molecule has 3 rings (SSSR count). The number of primary sulfonamides is 1. The molecule has 0 radical (unpaired) electrons. The van der Waals surface area contributed by atoms with Crippen molar-refractivity contribution in [2.24, 2.45) is 5.14 Å². The van der Waals surface area contributed by atoms with Gasteiger partial charge in [0, 0.05) is 6.54 Å². The predicted molar refractivity (Wildman–Crippen MR) is 92.4 cm³/mol. The lowest BCUT2D eigenvalue weighted by atomic mass is 10.1. The molecule has 3 N–H and O–H groups in total. The minimum absolute atomic E-state index is 0.0718. The third kappa shape index (κ3) is 3.42. The Morgan fingerprint density at radius 1 is 1.21 bits per heavy atom. The molecule has 0 unspecified atom stereocenters. The van der Waals surface area contributed by atoms with Crippen LogP contribution in [0.5, 0.6) is 0 Å². The number of nitrogens with two attached hydrogens (primary N) is 1. The zero-order chi connectivity index (χ0) is 17.3. The van der Waals surface area contributed by atoms with Crippen LogP contribution in [0.3, 0.4) is 0 Å². The van der Waals surface area contributed by atoms with Crippen LogP contribution < -0.4 is 15.4 Å². The van der Waals surface area contributed by atoms with Crippen LogP contribution in [0.25, 0.3) is 0 Å². The molecule has 0 fully saturated rings. The van der Waals surface area contributed by atoms with E-state index in [1.165, 1.54) is 6.07 Å². The number of hydrogen-bond acceptors (Lipinski definition) is 4. The van der Waals surface area contributed by atoms with Crippen LogP contribution in [-0.4, -0.2) is 27.5 Å². The van der Waals surface area contributed by atoms with Crippen LogP contribution >= 0.6 is 0 Å². The Morgan fingerprint density at radius 3 is 2.75 bits per heavy atom. The molecule has 24 heavy (non-hydrogen) atoms. The number of carbonyl (C=O) groups excluding carboxylic acids is 1. The second kappa shape index (κ2) is 6.26. The zero-order valence-corrected chi connectivity index (χ0v) is 14.1. The van der Waals surface area contributed by atoms with Gasteiger partial charge in [0.1, 0.15) is 0 Å². The van der Waals surface area contributed by atoms with Crippen molar-refractivity contribution in [1.82, 2.24) is 5.32 Å². The Balaban J connectivity index is 1.80. The van der Waals surface area contributed by atoms with Crippen molar-refractivity contribution < 1.29 is 13.2 Å². The highest BCUT2D eigenvalue weighted by Crippen LogP contribution is 2.25. The van der Waals surface area contributed by atoms with Gasteiger partial charge in [-0.2, -0.15) is 0 Å². The quantitative estimate of drug-likeness (QED) is 0.876. The second-order valence-corrected chi connectivity index (χ2v) is 7.45. The molecular formula is C17H19N3O3S. The van der Waals surface area contributed by atoms with Gasteiger partial charge in [-0.25, -0.2) is 13.6 Å². The van der Waals surface area contributed by atoms with Crippen molar-refractivity contribution in [2.45, 2.75) is 18.2 Å². The van der Waals surface area contributed by atoms with E-state index in [4.69, 9.17) is 5.14 Å². The lowest BCUT2D eigenvalue weighted by molar-refractivity contribution is 0.0947. The van der Waals surface area contributed by atoms with Crippen molar-refractivity contribution in [2.75, 3.05) is 18.1 Å². The van der Waals surface area contributed by atoms with Crippen molar-refractivity contribution in [3.8, 4) is 0 Å². The number of anilines is 1. The molecule has 6 nitrogen and oxygen atoms in total. The Hall–Kier alpha value is -2.38. The van der Waals surface area contributed by atoms with Gasteiger partial charge in [-0.3, -0.25) is 4.79 Å².